The Morgan fingerprint density at radius 1 is 1.37 bits per heavy atom. The molecular formula is C21H35IN6OS. The Hall–Kier alpha value is -1.49. The minimum Gasteiger partial charge on any atom is -0.496 e. The lowest BCUT2D eigenvalue weighted by molar-refractivity contribution is 0.405. The van der Waals surface area contributed by atoms with Crippen LogP contribution in [-0.4, -0.2) is 52.9 Å². The summed E-state index contributed by atoms with van der Waals surface area (Å²) in [6.07, 6.45) is 5.83. The van der Waals surface area contributed by atoms with Crippen LogP contribution in [0.15, 0.2) is 29.5 Å². The molecule has 0 spiro atoms. The van der Waals surface area contributed by atoms with Gasteiger partial charge in [-0.3, -0.25) is 4.99 Å². The molecule has 0 bridgehead atoms. The molecule has 1 heterocycles. The van der Waals surface area contributed by atoms with Crippen LogP contribution in [0.1, 0.15) is 43.3 Å². The molecule has 1 aromatic heterocycles. The molecule has 0 amide bonds. The van der Waals surface area contributed by atoms with Crippen LogP contribution in [0.4, 0.5) is 0 Å². The van der Waals surface area contributed by atoms with Crippen LogP contribution in [0.3, 0.4) is 0 Å². The van der Waals surface area contributed by atoms with E-state index in [4.69, 9.17) is 9.73 Å². The Morgan fingerprint density at radius 2 is 2.17 bits per heavy atom. The first-order valence-corrected chi connectivity index (χ1v) is 11.5. The van der Waals surface area contributed by atoms with Gasteiger partial charge in [-0.15, -0.1) is 34.2 Å². The van der Waals surface area contributed by atoms with Crippen LogP contribution in [0.5, 0.6) is 5.75 Å². The zero-order chi connectivity index (χ0) is 21.1. The van der Waals surface area contributed by atoms with Crippen molar-refractivity contribution >= 4 is 41.7 Å². The number of methoxy groups -OCH3 is 1. The first-order valence-electron chi connectivity index (χ1n) is 10.1. The van der Waals surface area contributed by atoms with Crippen molar-refractivity contribution in [3.05, 3.63) is 41.5 Å². The maximum atomic E-state index is 5.55. The molecule has 0 saturated heterocycles. The number of aromatic nitrogens is 3. The monoisotopic (exact) mass is 546 g/mol. The summed E-state index contributed by atoms with van der Waals surface area (Å²) in [6, 6.07) is 6.31. The van der Waals surface area contributed by atoms with Gasteiger partial charge in [-0.25, -0.2) is 0 Å². The Kier molecular flexibility index (Phi) is 12.8. The number of guanidine groups is 1. The van der Waals surface area contributed by atoms with Gasteiger partial charge in [0.1, 0.15) is 17.9 Å². The minimum absolute atomic E-state index is 0. The third kappa shape index (κ3) is 8.33. The number of halogens is 1. The third-order valence-electron chi connectivity index (χ3n) is 4.64. The van der Waals surface area contributed by atoms with Gasteiger partial charge in [0.05, 0.1) is 13.2 Å². The van der Waals surface area contributed by atoms with Crippen LogP contribution in [0.25, 0.3) is 0 Å². The number of hydrogen-bond acceptors (Lipinski definition) is 5. The molecule has 2 aromatic rings. The number of aryl methyl sites for hydroxylation is 2. The number of thioether (sulfide) groups is 1. The maximum Gasteiger partial charge on any atom is 0.191 e. The van der Waals surface area contributed by atoms with E-state index >= 15 is 0 Å². The molecule has 168 valence electrons. The van der Waals surface area contributed by atoms with Crippen molar-refractivity contribution in [2.24, 2.45) is 4.99 Å². The smallest absolute Gasteiger partial charge is 0.191 e. The fourth-order valence-electron chi connectivity index (χ4n) is 3.06. The second-order valence-corrected chi connectivity index (χ2v) is 7.89. The number of ether oxygens (including phenoxy) is 1. The molecule has 0 radical (unpaired) electrons. The fraction of sp³-hybridized carbons (Fsp3) is 0.571. The molecule has 1 unspecified atom stereocenters. The summed E-state index contributed by atoms with van der Waals surface area (Å²) >= 11 is 1.85. The molecule has 0 aliphatic heterocycles. The minimum atomic E-state index is 0. The predicted octanol–water partition coefficient (Wildman–Crippen LogP) is 3.83. The first-order chi connectivity index (χ1) is 14.1. The lowest BCUT2D eigenvalue weighted by Crippen LogP contribution is -2.40. The van der Waals surface area contributed by atoms with Crippen LogP contribution in [0, 0.1) is 6.92 Å². The highest BCUT2D eigenvalue weighted by atomic mass is 127. The Labute approximate surface area is 201 Å². The topological polar surface area (TPSA) is 76.4 Å². The molecular weight excluding hydrogens is 511 g/mol. The summed E-state index contributed by atoms with van der Waals surface area (Å²) in [7, 11) is 1.71. The van der Waals surface area contributed by atoms with Crippen molar-refractivity contribution in [1.29, 1.82) is 0 Å². The first kappa shape index (κ1) is 26.5. The molecule has 2 N–H and O–H groups in total. The van der Waals surface area contributed by atoms with E-state index in [1.165, 1.54) is 5.56 Å². The van der Waals surface area contributed by atoms with Crippen molar-refractivity contribution in [3.63, 3.8) is 0 Å². The number of nitrogens with zero attached hydrogens (tertiary/aromatic N) is 4. The number of hydrogen-bond donors (Lipinski definition) is 2. The Balaban J connectivity index is 0.00000450. The van der Waals surface area contributed by atoms with Crippen molar-refractivity contribution in [2.75, 3.05) is 32.2 Å². The molecule has 0 aliphatic rings. The summed E-state index contributed by atoms with van der Waals surface area (Å²) in [4.78, 5) is 4.77. The van der Waals surface area contributed by atoms with Gasteiger partial charge < -0.3 is 19.9 Å². The lowest BCUT2D eigenvalue weighted by atomic mass is 10.0. The summed E-state index contributed by atoms with van der Waals surface area (Å²) in [5.74, 6) is 3.80. The van der Waals surface area contributed by atoms with E-state index in [-0.39, 0.29) is 30.0 Å². The van der Waals surface area contributed by atoms with E-state index in [0.717, 1.165) is 61.3 Å². The van der Waals surface area contributed by atoms with E-state index in [9.17, 15) is 0 Å². The fourth-order valence-corrected chi connectivity index (χ4v) is 3.48. The van der Waals surface area contributed by atoms with Gasteiger partial charge in [0.25, 0.3) is 0 Å². The number of nitrogens with one attached hydrogen (secondary N) is 2. The zero-order valence-electron chi connectivity index (χ0n) is 18.6. The van der Waals surface area contributed by atoms with E-state index in [2.05, 4.69) is 64.6 Å². The van der Waals surface area contributed by atoms with Crippen LogP contribution >= 0.6 is 35.7 Å². The number of aliphatic imine (C=N–C) groups is 1. The normalized spacial score (nSPS) is 12.2. The average Bonchev–Trinajstić information content (AvgIpc) is 3.18. The van der Waals surface area contributed by atoms with Gasteiger partial charge in [0.15, 0.2) is 5.96 Å². The van der Waals surface area contributed by atoms with Crippen LogP contribution < -0.4 is 15.4 Å². The van der Waals surface area contributed by atoms with Gasteiger partial charge >= 0.3 is 0 Å². The summed E-state index contributed by atoms with van der Waals surface area (Å²) in [5.41, 5.74) is 2.33. The highest BCUT2D eigenvalue weighted by molar-refractivity contribution is 14.0. The highest BCUT2D eigenvalue weighted by Crippen LogP contribution is 2.25. The van der Waals surface area contributed by atoms with Gasteiger partial charge in [-0.2, -0.15) is 11.8 Å². The molecule has 2 rings (SSSR count). The number of rotatable bonds is 11. The van der Waals surface area contributed by atoms with Crippen molar-refractivity contribution in [1.82, 2.24) is 25.4 Å². The standard InChI is InChI=1S/C21H34N6OS.HI/c1-6-20-26-24-15-27(20)12-11-23-21(22-10-7-13-29-5)25-17(3)18-14-16(2)8-9-19(18)28-4;/h8-9,14-15,17H,6-7,10-13H2,1-5H3,(H2,22,23,25);1H. The van der Waals surface area contributed by atoms with Gasteiger partial charge in [0.2, 0.25) is 0 Å². The summed E-state index contributed by atoms with van der Waals surface area (Å²) < 4.78 is 7.63. The molecule has 30 heavy (non-hydrogen) atoms. The largest absolute Gasteiger partial charge is 0.496 e. The van der Waals surface area contributed by atoms with E-state index in [1.807, 2.05) is 17.8 Å². The quantitative estimate of drug-likeness (QED) is 0.193. The molecule has 1 atom stereocenters. The SMILES string of the molecule is CCc1nncn1CCNC(=NCCCSC)NC(C)c1cc(C)ccc1OC.I. The van der Waals surface area contributed by atoms with Gasteiger partial charge in [-0.1, -0.05) is 24.6 Å². The predicted molar refractivity (Wildman–Crippen MR) is 137 cm³/mol. The molecule has 9 heteroatoms. The van der Waals surface area contributed by atoms with Crippen molar-refractivity contribution in [2.45, 2.75) is 46.2 Å². The Morgan fingerprint density at radius 3 is 2.87 bits per heavy atom. The second-order valence-electron chi connectivity index (χ2n) is 6.91. The second kappa shape index (κ2) is 14.5. The van der Waals surface area contributed by atoms with Crippen molar-refractivity contribution in [3.8, 4) is 5.75 Å². The molecule has 0 saturated carbocycles. The Bertz CT molecular complexity index is 783. The van der Waals surface area contributed by atoms with Crippen LogP contribution in [-0.2, 0) is 13.0 Å². The van der Waals surface area contributed by atoms with E-state index < -0.39 is 0 Å². The summed E-state index contributed by atoms with van der Waals surface area (Å²) in [6.45, 7) is 8.65. The zero-order valence-corrected chi connectivity index (χ0v) is 21.8. The van der Waals surface area contributed by atoms with Crippen LogP contribution in [0.2, 0.25) is 0 Å². The number of benzene rings is 1. The van der Waals surface area contributed by atoms with E-state index in [1.54, 1.807) is 13.4 Å². The molecule has 1 aromatic carbocycles. The highest BCUT2D eigenvalue weighted by Gasteiger charge is 2.13. The van der Waals surface area contributed by atoms with E-state index in [0.29, 0.717) is 0 Å². The molecule has 0 fully saturated rings. The van der Waals surface area contributed by atoms with Gasteiger partial charge in [0, 0.05) is 31.6 Å². The molecule has 7 nitrogen and oxygen atoms in total. The van der Waals surface area contributed by atoms with Gasteiger partial charge in [-0.05, 0) is 38.3 Å². The summed E-state index contributed by atoms with van der Waals surface area (Å²) in [5, 5.41) is 15.1. The van der Waals surface area contributed by atoms with Crippen molar-refractivity contribution < 1.29 is 4.74 Å². The maximum absolute atomic E-state index is 5.55. The molecule has 0 aliphatic carbocycles. The lowest BCUT2D eigenvalue weighted by Gasteiger charge is -2.21. The third-order valence-corrected chi connectivity index (χ3v) is 5.34. The average molecular weight is 547 g/mol.